The number of hydrogen-bond donors (Lipinski definition) is 2. The van der Waals surface area contributed by atoms with Crippen LogP contribution in [0.2, 0.25) is 0 Å². The Bertz CT molecular complexity index is 823. The van der Waals surface area contributed by atoms with Crippen molar-refractivity contribution in [2.75, 3.05) is 18.6 Å². The van der Waals surface area contributed by atoms with Gasteiger partial charge in [-0.25, -0.2) is 0 Å². The second-order valence-corrected chi connectivity index (χ2v) is 7.35. The predicted molar refractivity (Wildman–Crippen MR) is 111 cm³/mol. The van der Waals surface area contributed by atoms with Crippen LogP contribution in [0.5, 0.6) is 11.5 Å². The molecule has 1 heterocycles. The van der Waals surface area contributed by atoms with Gasteiger partial charge in [-0.05, 0) is 48.9 Å². The van der Waals surface area contributed by atoms with E-state index >= 15 is 0 Å². The van der Waals surface area contributed by atoms with E-state index in [2.05, 4.69) is 12.2 Å². The van der Waals surface area contributed by atoms with Crippen molar-refractivity contribution in [1.29, 1.82) is 0 Å². The Morgan fingerprint density at radius 1 is 1.26 bits per heavy atom. The van der Waals surface area contributed by atoms with Crippen molar-refractivity contribution in [3.8, 4) is 11.5 Å². The topological polar surface area (TPSA) is 61.8 Å². The van der Waals surface area contributed by atoms with Crippen LogP contribution in [0.4, 0.5) is 5.69 Å². The Morgan fingerprint density at radius 2 is 2.04 bits per heavy atom. The maximum absolute atomic E-state index is 13.1. The molecule has 1 fully saturated rings. The fourth-order valence-corrected chi connectivity index (χ4v) is 4.02. The Labute approximate surface area is 164 Å². The van der Waals surface area contributed by atoms with Crippen LogP contribution in [0.25, 0.3) is 6.08 Å². The van der Waals surface area contributed by atoms with Crippen molar-refractivity contribution in [1.82, 2.24) is 5.32 Å². The van der Waals surface area contributed by atoms with Gasteiger partial charge in [-0.15, -0.1) is 0 Å². The molecule has 1 saturated heterocycles. The van der Waals surface area contributed by atoms with Crippen molar-refractivity contribution >= 4 is 29.4 Å². The molecule has 3 rings (SSSR count). The first-order chi connectivity index (χ1) is 13.1. The summed E-state index contributed by atoms with van der Waals surface area (Å²) < 4.78 is 5.16. The molecular formula is C21H24N2O3S. The zero-order valence-electron chi connectivity index (χ0n) is 15.5. The first-order valence-corrected chi connectivity index (χ1v) is 9.89. The minimum atomic E-state index is -0.142. The van der Waals surface area contributed by atoms with Crippen LogP contribution in [0, 0.1) is 0 Å². The summed E-state index contributed by atoms with van der Waals surface area (Å²) in [5.41, 5.74) is 1.54. The number of para-hydroxylation sites is 1. The van der Waals surface area contributed by atoms with Crippen LogP contribution in [0.1, 0.15) is 25.3 Å². The molecule has 2 N–H and O–H groups in total. The molecule has 27 heavy (non-hydrogen) atoms. The van der Waals surface area contributed by atoms with Crippen LogP contribution >= 0.6 is 11.8 Å². The highest BCUT2D eigenvalue weighted by molar-refractivity contribution is 8.05. The second kappa shape index (κ2) is 8.97. The summed E-state index contributed by atoms with van der Waals surface area (Å²) in [6.45, 7) is 3.00. The third-order valence-corrected chi connectivity index (χ3v) is 5.44. The number of carbonyl (C=O) groups excluding carboxylic acids is 1. The van der Waals surface area contributed by atoms with E-state index in [0.717, 1.165) is 30.6 Å². The molecule has 0 saturated carbocycles. The van der Waals surface area contributed by atoms with Crippen LogP contribution < -0.4 is 15.0 Å². The van der Waals surface area contributed by atoms with Gasteiger partial charge < -0.3 is 9.84 Å². The summed E-state index contributed by atoms with van der Waals surface area (Å²) >= 11 is 1.51. The third-order valence-electron chi connectivity index (χ3n) is 4.29. The molecule has 2 aromatic rings. The van der Waals surface area contributed by atoms with E-state index in [-0.39, 0.29) is 17.2 Å². The highest BCUT2D eigenvalue weighted by Crippen LogP contribution is 2.38. The maximum Gasteiger partial charge on any atom is 0.266 e. The molecule has 0 radical (unpaired) electrons. The lowest BCUT2D eigenvalue weighted by Crippen LogP contribution is -2.42. The van der Waals surface area contributed by atoms with E-state index in [9.17, 15) is 9.90 Å². The van der Waals surface area contributed by atoms with E-state index in [1.165, 1.54) is 18.9 Å². The van der Waals surface area contributed by atoms with E-state index in [1.807, 2.05) is 36.4 Å². The molecule has 1 unspecified atom stereocenters. The third kappa shape index (κ3) is 4.46. The molecule has 6 heteroatoms. The van der Waals surface area contributed by atoms with Crippen molar-refractivity contribution in [2.24, 2.45) is 0 Å². The van der Waals surface area contributed by atoms with Crippen LogP contribution in [0.15, 0.2) is 53.4 Å². The summed E-state index contributed by atoms with van der Waals surface area (Å²) in [4.78, 5) is 15.5. The summed E-state index contributed by atoms with van der Waals surface area (Å²) in [6, 6.07) is 14.8. The number of nitrogens with one attached hydrogen (secondary N) is 1. The van der Waals surface area contributed by atoms with Gasteiger partial charge in [0.1, 0.15) is 5.50 Å². The number of amides is 1. The average molecular weight is 385 g/mol. The number of carbonyl (C=O) groups is 1. The smallest absolute Gasteiger partial charge is 0.266 e. The zero-order valence-corrected chi connectivity index (χ0v) is 16.3. The van der Waals surface area contributed by atoms with Gasteiger partial charge in [-0.2, -0.15) is 0 Å². The second-order valence-electron chi connectivity index (χ2n) is 6.23. The summed E-state index contributed by atoms with van der Waals surface area (Å²) in [5.74, 6) is 0.430. The number of unbranched alkanes of at least 4 members (excludes halogenated alkanes) is 1. The fraction of sp³-hybridized carbons (Fsp3) is 0.286. The van der Waals surface area contributed by atoms with E-state index in [0.29, 0.717) is 10.7 Å². The van der Waals surface area contributed by atoms with Gasteiger partial charge in [0.15, 0.2) is 11.5 Å². The molecule has 0 aliphatic carbocycles. The molecule has 0 aromatic heterocycles. The lowest BCUT2D eigenvalue weighted by atomic mass is 10.2. The summed E-state index contributed by atoms with van der Waals surface area (Å²) in [5, 5.41) is 13.2. The molecule has 1 amide bonds. The SMILES string of the molecule is CCCCNC1SC(=Cc2ccc(O)c(OC)c2)C(=O)N1c1ccccc1. The number of phenolic OH excluding ortho intramolecular Hbond substituents is 1. The van der Waals surface area contributed by atoms with E-state index < -0.39 is 0 Å². The number of methoxy groups -OCH3 is 1. The van der Waals surface area contributed by atoms with Gasteiger partial charge in [0.2, 0.25) is 0 Å². The number of phenols is 1. The van der Waals surface area contributed by atoms with Crippen molar-refractivity contribution in [3.05, 3.63) is 59.0 Å². The molecule has 2 aromatic carbocycles. The number of anilines is 1. The molecule has 142 valence electrons. The summed E-state index contributed by atoms with van der Waals surface area (Å²) in [7, 11) is 1.51. The Balaban J connectivity index is 1.89. The Hall–Kier alpha value is -2.44. The molecule has 5 nitrogen and oxygen atoms in total. The number of hydrogen-bond acceptors (Lipinski definition) is 5. The number of nitrogens with zero attached hydrogens (tertiary/aromatic N) is 1. The van der Waals surface area contributed by atoms with E-state index in [4.69, 9.17) is 4.74 Å². The van der Waals surface area contributed by atoms with Crippen LogP contribution in [-0.4, -0.2) is 30.2 Å². The van der Waals surface area contributed by atoms with Crippen LogP contribution in [0.3, 0.4) is 0 Å². The Morgan fingerprint density at radius 3 is 2.74 bits per heavy atom. The van der Waals surface area contributed by atoms with Gasteiger partial charge in [-0.3, -0.25) is 15.0 Å². The van der Waals surface area contributed by atoms with Gasteiger partial charge >= 0.3 is 0 Å². The first-order valence-electron chi connectivity index (χ1n) is 9.01. The highest BCUT2D eigenvalue weighted by Gasteiger charge is 2.36. The first kappa shape index (κ1) is 19.3. The number of rotatable bonds is 7. The number of ether oxygens (including phenoxy) is 1. The molecular weight excluding hydrogens is 360 g/mol. The lowest BCUT2D eigenvalue weighted by Gasteiger charge is -2.24. The normalized spacial score (nSPS) is 18.3. The Kier molecular flexibility index (Phi) is 6.42. The lowest BCUT2D eigenvalue weighted by molar-refractivity contribution is -0.114. The molecule has 1 atom stereocenters. The quantitative estimate of drug-likeness (QED) is 0.553. The van der Waals surface area contributed by atoms with Crippen LogP contribution in [-0.2, 0) is 4.79 Å². The largest absolute Gasteiger partial charge is 0.504 e. The van der Waals surface area contributed by atoms with Gasteiger partial charge in [0, 0.05) is 5.69 Å². The standard InChI is InChI=1S/C21H24N2O3S/c1-3-4-12-22-21-23(16-8-6-5-7-9-16)20(25)19(27-21)14-15-10-11-17(24)18(13-15)26-2/h5-11,13-14,21-22,24H,3-4,12H2,1-2H3. The number of thioether (sulfide) groups is 1. The average Bonchev–Trinajstić information content (AvgIpc) is 2.99. The molecule has 0 spiro atoms. The number of benzene rings is 2. The zero-order chi connectivity index (χ0) is 19.2. The van der Waals surface area contributed by atoms with Gasteiger partial charge in [-0.1, -0.05) is 49.4 Å². The highest BCUT2D eigenvalue weighted by atomic mass is 32.2. The monoisotopic (exact) mass is 384 g/mol. The number of aromatic hydroxyl groups is 1. The van der Waals surface area contributed by atoms with Crippen molar-refractivity contribution in [3.63, 3.8) is 0 Å². The maximum atomic E-state index is 13.1. The minimum absolute atomic E-state index is 0.0350. The molecule has 1 aliphatic rings. The molecule has 1 aliphatic heterocycles. The van der Waals surface area contributed by atoms with Gasteiger partial charge in [0.05, 0.1) is 12.0 Å². The molecule has 0 bridgehead atoms. The van der Waals surface area contributed by atoms with Crippen molar-refractivity contribution < 1.29 is 14.6 Å². The minimum Gasteiger partial charge on any atom is -0.504 e. The van der Waals surface area contributed by atoms with E-state index in [1.54, 1.807) is 23.1 Å². The summed E-state index contributed by atoms with van der Waals surface area (Å²) in [6.07, 6.45) is 3.99. The fourth-order valence-electron chi connectivity index (χ4n) is 2.86. The predicted octanol–water partition coefficient (Wildman–Crippen LogP) is 4.20. The van der Waals surface area contributed by atoms with Gasteiger partial charge in [0.25, 0.3) is 5.91 Å². The van der Waals surface area contributed by atoms with Crippen molar-refractivity contribution in [2.45, 2.75) is 25.3 Å².